The van der Waals surface area contributed by atoms with Crippen LogP contribution < -0.4 is 4.31 Å². The maximum absolute atomic E-state index is 13.3. The monoisotopic (exact) mass is 406 g/mol. The van der Waals surface area contributed by atoms with E-state index in [1.54, 1.807) is 0 Å². The van der Waals surface area contributed by atoms with Crippen molar-refractivity contribution < 1.29 is 22.1 Å². The van der Waals surface area contributed by atoms with Gasteiger partial charge in [0.1, 0.15) is 4.90 Å². The van der Waals surface area contributed by atoms with Gasteiger partial charge >= 0.3 is 0 Å². The second-order valence-electron chi connectivity index (χ2n) is 4.44. The Morgan fingerprint density at radius 1 is 1.13 bits per heavy atom. The smallest absolute Gasteiger partial charge is 0.269 e. The Labute approximate surface area is 138 Å². The van der Waals surface area contributed by atoms with E-state index in [2.05, 4.69) is 15.9 Å². The summed E-state index contributed by atoms with van der Waals surface area (Å²) < 4.78 is 52.2. The van der Waals surface area contributed by atoms with Crippen molar-refractivity contribution in [1.82, 2.24) is 0 Å². The molecule has 2 aromatic carbocycles. The van der Waals surface area contributed by atoms with Gasteiger partial charge in [-0.2, -0.15) is 0 Å². The van der Waals surface area contributed by atoms with E-state index in [9.17, 15) is 27.3 Å². The lowest BCUT2D eigenvalue weighted by Crippen LogP contribution is -2.27. The van der Waals surface area contributed by atoms with Crippen LogP contribution in [0, 0.1) is 21.7 Å². The van der Waals surface area contributed by atoms with E-state index >= 15 is 0 Å². The Hall–Kier alpha value is -2.07. The van der Waals surface area contributed by atoms with Crippen LogP contribution in [0.5, 0.6) is 0 Å². The Kier molecular flexibility index (Phi) is 4.66. The summed E-state index contributed by atoms with van der Waals surface area (Å²) in [4.78, 5) is 9.71. The highest BCUT2D eigenvalue weighted by Gasteiger charge is 2.26. The van der Waals surface area contributed by atoms with E-state index in [-0.39, 0.29) is 15.1 Å². The number of anilines is 1. The first-order valence-electron chi connectivity index (χ1n) is 6.02. The molecule has 0 N–H and O–H groups in total. The van der Waals surface area contributed by atoms with Gasteiger partial charge < -0.3 is 0 Å². The van der Waals surface area contributed by atoms with E-state index in [4.69, 9.17) is 0 Å². The van der Waals surface area contributed by atoms with Crippen molar-refractivity contribution in [3.05, 3.63) is 62.6 Å². The molecular weight excluding hydrogens is 398 g/mol. The number of hydrogen-bond acceptors (Lipinski definition) is 4. The van der Waals surface area contributed by atoms with Gasteiger partial charge in [-0.05, 0) is 34.1 Å². The molecule has 0 radical (unpaired) electrons. The van der Waals surface area contributed by atoms with Crippen LogP contribution in [-0.2, 0) is 10.0 Å². The largest absolute Gasteiger partial charge is 0.270 e. The van der Waals surface area contributed by atoms with E-state index in [1.807, 2.05) is 0 Å². The Balaban J connectivity index is 2.55. The summed E-state index contributed by atoms with van der Waals surface area (Å²) in [6.45, 7) is 0. The van der Waals surface area contributed by atoms with Gasteiger partial charge in [-0.1, -0.05) is 0 Å². The third-order valence-electron chi connectivity index (χ3n) is 3.03. The second kappa shape index (κ2) is 6.20. The van der Waals surface area contributed by atoms with Crippen molar-refractivity contribution in [2.24, 2.45) is 0 Å². The first-order valence-corrected chi connectivity index (χ1v) is 8.26. The van der Waals surface area contributed by atoms with E-state index in [0.29, 0.717) is 4.31 Å². The van der Waals surface area contributed by atoms with Gasteiger partial charge in [-0.3, -0.25) is 14.4 Å². The van der Waals surface area contributed by atoms with Crippen LogP contribution in [0.25, 0.3) is 0 Å². The number of rotatable bonds is 4. The molecule has 0 aliphatic carbocycles. The molecule has 0 spiro atoms. The molecule has 0 saturated carbocycles. The first-order chi connectivity index (χ1) is 10.6. The lowest BCUT2D eigenvalue weighted by molar-refractivity contribution is -0.385. The lowest BCUT2D eigenvalue weighted by Gasteiger charge is -2.20. The quantitative estimate of drug-likeness (QED) is 0.575. The minimum Gasteiger partial charge on any atom is -0.269 e. The number of hydrogen-bond donors (Lipinski definition) is 0. The molecule has 6 nitrogen and oxygen atoms in total. The molecule has 0 heterocycles. The van der Waals surface area contributed by atoms with E-state index < -0.39 is 32.3 Å². The number of halogens is 3. The summed E-state index contributed by atoms with van der Waals surface area (Å²) in [5.41, 5.74) is -0.534. The van der Waals surface area contributed by atoms with E-state index in [0.717, 1.165) is 37.4 Å². The molecule has 2 aromatic rings. The number of nitro benzene ring substituents is 1. The molecule has 0 aliphatic rings. The van der Waals surface area contributed by atoms with E-state index in [1.165, 1.54) is 6.07 Å². The molecule has 0 aliphatic heterocycles. The number of nitrogens with zero attached hydrogens (tertiary/aromatic N) is 2. The molecule has 0 fully saturated rings. The van der Waals surface area contributed by atoms with Gasteiger partial charge in [0.2, 0.25) is 0 Å². The zero-order valence-corrected chi connectivity index (χ0v) is 13.9. The molecule has 0 bridgehead atoms. The highest BCUT2D eigenvalue weighted by Crippen LogP contribution is 2.31. The van der Waals surface area contributed by atoms with Gasteiger partial charge in [0.25, 0.3) is 15.7 Å². The number of sulfonamides is 1. The van der Waals surface area contributed by atoms with Gasteiger partial charge in [-0.15, -0.1) is 0 Å². The molecule has 0 aromatic heterocycles. The van der Waals surface area contributed by atoms with Crippen molar-refractivity contribution >= 4 is 37.3 Å². The second-order valence-corrected chi connectivity index (χ2v) is 7.23. The fourth-order valence-electron chi connectivity index (χ4n) is 1.77. The number of non-ortho nitro benzene ring substituents is 1. The normalized spacial score (nSPS) is 11.3. The molecule has 2 rings (SSSR count). The average Bonchev–Trinajstić information content (AvgIpc) is 2.49. The van der Waals surface area contributed by atoms with Crippen molar-refractivity contribution in [2.75, 3.05) is 11.4 Å². The molecule has 0 unspecified atom stereocenters. The SMILES string of the molecule is CN(c1ccc(F)c(F)c1)S(=O)(=O)c1cc([N+](=O)[O-])ccc1Br. The average molecular weight is 407 g/mol. The molecular formula is C13H9BrF2N2O4S. The van der Waals surface area contributed by atoms with Crippen LogP contribution in [0.2, 0.25) is 0 Å². The standard InChI is InChI=1S/C13H9BrF2N2O4S/c1-17(8-3-5-11(15)12(16)6-8)23(21,22)13-7-9(18(19)20)2-4-10(13)14/h2-7H,1H3. The number of nitro groups is 1. The Morgan fingerprint density at radius 2 is 1.78 bits per heavy atom. The molecule has 122 valence electrons. The summed E-state index contributed by atoms with van der Waals surface area (Å²) in [6.07, 6.45) is 0. The van der Waals surface area contributed by atoms with Crippen molar-refractivity contribution in [3.63, 3.8) is 0 Å². The lowest BCUT2D eigenvalue weighted by atomic mass is 10.3. The summed E-state index contributed by atoms with van der Waals surface area (Å²) in [5.74, 6) is -2.32. The topological polar surface area (TPSA) is 80.5 Å². The minimum atomic E-state index is -4.22. The summed E-state index contributed by atoms with van der Waals surface area (Å²) >= 11 is 3.02. The molecule has 0 saturated heterocycles. The van der Waals surface area contributed by atoms with Gasteiger partial charge in [0.05, 0.1) is 10.6 Å². The van der Waals surface area contributed by atoms with Gasteiger partial charge in [-0.25, -0.2) is 17.2 Å². The third-order valence-corrected chi connectivity index (χ3v) is 5.81. The Bertz CT molecular complexity index is 890. The molecule has 0 amide bonds. The minimum absolute atomic E-state index is 0.109. The highest BCUT2D eigenvalue weighted by molar-refractivity contribution is 9.10. The zero-order valence-electron chi connectivity index (χ0n) is 11.5. The summed E-state index contributed by atoms with van der Waals surface area (Å²) in [5, 5.41) is 10.8. The molecule has 23 heavy (non-hydrogen) atoms. The molecule has 10 heteroatoms. The van der Waals surface area contributed by atoms with Gasteiger partial charge in [0, 0.05) is 29.7 Å². The van der Waals surface area contributed by atoms with Crippen LogP contribution in [-0.4, -0.2) is 20.4 Å². The Morgan fingerprint density at radius 3 is 2.35 bits per heavy atom. The predicted octanol–water partition coefficient (Wildman–Crippen LogP) is 3.46. The zero-order chi connectivity index (χ0) is 17.4. The maximum atomic E-state index is 13.3. The summed E-state index contributed by atoms with van der Waals surface area (Å²) in [7, 11) is -3.08. The van der Waals surface area contributed by atoms with Gasteiger partial charge in [0.15, 0.2) is 11.6 Å². The fraction of sp³-hybridized carbons (Fsp3) is 0.0769. The van der Waals surface area contributed by atoms with Crippen LogP contribution >= 0.6 is 15.9 Å². The van der Waals surface area contributed by atoms with Crippen LogP contribution in [0.15, 0.2) is 45.8 Å². The van der Waals surface area contributed by atoms with Crippen LogP contribution in [0.4, 0.5) is 20.2 Å². The highest BCUT2D eigenvalue weighted by atomic mass is 79.9. The third kappa shape index (κ3) is 3.32. The van der Waals surface area contributed by atoms with Crippen molar-refractivity contribution in [3.8, 4) is 0 Å². The first kappa shape index (κ1) is 17.3. The van der Waals surface area contributed by atoms with Crippen molar-refractivity contribution in [2.45, 2.75) is 4.90 Å². The number of benzene rings is 2. The van der Waals surface area contributed by atoms with Crippen molar-refractivity contribution in [1.29, 1.82) is 0 Å². The maximum Gasteiger partial charge on any atom is 0.270 e. The van der Waals surface area contributed by atoms with Crippen LogP contribution in [0.1, 0.15) is 0 Å². The molecule has 0 atom stereocenters. The fourth-order valence-corrected chi connectivity index (χ4v) is 3.90. The van der Waals surface area contributed by atoms with Crippen LogP contribution in [0.3, 0.4) is 0 Å². The predicted molar refractivity (Wildman–Crippen MR) is 82.7 cm³/mol. The summed E-state index contributed by atoms with van der Waals surface area (Å²) in [6, 6.07) is 5.85.